The minimum atomic E-state index is -0.204. The second kappa shape index (κ2) is 7.30. The number of hydrogen-bond acceptors (Lipinski definition) is 3. The third kappa shape index (κ3) is 3.82. The molecule has 0 spiro atoms. The van der Waals surface area contributed by atoms with Crippen LogP contribution < -0.4 is 4.90 Å². The van der Waals surface area contributed by atoms with Crippen LogP contribution in [0.3, 0.4) is 0 Å². The van der Waals surface area contributed by atoms with Gasteiger partial charge in [-0.2, -0.15) is 0 Å². The van der Waals surface area contributed by atoms with Gasteiger partial charge in [-0.3, -0.25) is 10.1 Å². The van der Waals surface area contributed by atoms with E-state index in [-0.39, 0.29) is 17.4 Å². The Labute approximate surface area is 142 Å². The Morgan fingerprint density at radius 3 is 2.67 bits per heavy atom. The largest absolute Gasteiger partial charge is 0.348 e. The molecule has 3 rings (SSSR count). The highest BCUT2D eigenvalue weighted by Crippen LogP contribution is 2.32. The van der Waals surface area contributed by atoms with Gasteiger partial charge in [-0.05, 0) is 48.6 Å². The van der Waals surface area contributed by atoms with E-state index in [1.54, 1.807) is 0 Å². The van der Waals surface area contributed by atoms with Gasteiger partial charge in [0.15, 0.2) is 0 Å². The fraction of sp³-hybridized carbons (Fsp3) is 0.300. The zero-order chi connectivity index (χ0) is 16.9. The van der Waals surface area contributed by atoms with E-state index >= 15 is 0 Å². The van der Waals surface area contributed by atoms with Crippen LogP contribution in [0.15, 0.2) is 66.4 Å². The van der Waals surface area contributed by atoms with Gasteiger partial charge in [-0.25, -0.2) is 0 Å². The first kappa shape index (κ1) is 16.2. The predicted molar refractivity (Wildman–Crippen MR) is 96.9 cm³/mol. The zero-order valence-electron chi connectivity index (χ0n) is 13.9. The highest BCUT2D eigenvalue weighted by molar-refractivity contribution is 5.52. The van der Waals surface area contributed by atoms with Crippen LogP contribution in [0.4, 0.5) is 5.69 Å². The molecule has 0 saturated heterocycles. The van der Waals surface area contributed by atoms with Crippen LogP contribution in [-0.4, -0.2) is 18.0 Å². The minimum absolute atomic E-state index is 0.0580. The molecule has 24 heavy (non-hydrogen) atoms. The average Bonchev–Trinajstić information content (AvgIpc) is 2.60. The summed E-state index contributed by atoms with van der Waals surface area (Å²) >= 11 is 0. The topological polar surface area (TPSA) is 46.4 Å². The van der Waals surface area contributed by atoms with Gasteiger partial charge in [0.2, 0.25) is 6.54 Å². The fourth-order valence-electron chi connectivity index (χ4n) is 3.33. The molecule has 0 amide bonds. The summed E-state index contributed by atoms with van der Waals surface area (Å²) in [4.78, 5) is 13.2. The first-order chi connectivity index (χ1) is 11.6. The lowest BCUT2D eigenvalue weighted by molar-refractivity contribution is -0.482. The Bertz CT molecular complexity index is 740. The van der Waals surface area contributed by atoms with Crippen LogP contribution in [0.5, 0.6) is 0 Å². The van der Waals surface area contributed by atoms with E-state index in [0.29, 0.717) is 0 Å². The Morgan fingerprint density at radius 1 is 1.17 bits per heavy atom. The van der Waals surface area contributed by atoms with Gasteiger partial charge in [-0.15, -0.1) is 0 Å². The number of anilines is 1. The highest BCUT2D eigenvalue weighted by Gasteiger charge is 2.25. The van der Waals surface area contributed by atoms with Crippen LogP contribution in [0.25, 0.3) is 0 Å². The lowest BCUT2D eigenvalue weighted by Crippen LogP contribution is -2.26. The first-order valence-corrected chi connectivity index (χ1v) is 8.34. The number of aryl methyl sites for hydroxylation is 1. The molecule has 0 saturated carbocycles. The van der Waals surface area contributed by atoms with Gasteiger partial charge in [-0.1, -0.05) is 42.5 Å². The molecule has 4 nitrogen and oxygen atoms in total. The van der Waals surface area contributed by atoms with Crippen molar-refractivity contribution in [2.45, 2.75) is 25.7 Å². The lowest BCUT2D eigenvalue weighted by Gasteiger charge is -2.30. The van der Waals surface area contributed by atoms with E-state index in [9.17, 15) is 10.1 Å². The van der Waals surface area contributed by atoms with Gasteiger partial charge < -0.3 is 4.90 Å². The Balaban J connectivity index is 1.93. The molecule has 2 aromatic rings. The van der Waals surface area contributed by atoms with Crippen molar-refractivity contribution in [3.05, 3.63) is 87.6 Å². The van der Waals surface area contributed by atoms with E-state index in [1.807, 2.05) is 30.3 Å². The molecule has 0 aliphatic carbocycles. The van der Waals surface area contributed by atoms with E-state index < -0.39 is 0 Å². The van der Waals surface area contributed by atoms with Gasteiger partial charge in [0, 0.05) is 23.4 Å². The molecule has 4 heteroatoms. The molecule has 1 atom stereocenters. The van der Waals surface area contributed by atoms with Crippen molar-refractivity contribution < 1.29 is 4.92 Å². The van der Waals surface area contributed by atoms with Crippen molar-refractivity contribution in [1.29, 1.82) is 0 Å². The summed E-state index contributed by atoms with van der Waals surface area (Å²) in [6.45, 7) is 2.97. The maximum atomic E-state index is 11.2. The zero-order valence-corrected chi connectivity index (χ0v) is 13.9. The SMILES string of the molecule is Cc1cccc(N2C=C(C(C[N+](=O)[O-])c3ccccc3)CCC2)c1. The van der Waals surface area contributed by atoms with E-state index in [2.05, 4.69) is 42.3 Å². The average molecular weight is 322 g/mol. The summed E-state index contributed by atoms with van der Waals surface area (Å²) in [5.41, 5.74) is 4.54. The molecule has 0 fully saturated rings. The Kier molecular flexibility index (Phi) is 4.94. The first-order valence-electron chi connectivity index (χ1n) is 8.34. The van der Waals surface area contributed by atoms with Crippen molar-refractivity contribution in [3.63, 3.8) is 0 Å². The third-order valence-electron chi connectivity index (χ3n) is 4.50. The highest BCUT2D eigenvalue weighted by atomic mass is 16.6. The van der Waals surface area contributed by atoms with Crippen molar-refractivity contribution in [3.8, 4) is 0 Å². The molecule has 2 aromatic carbocycles. The molecule has 0 N–H and O–H groups in total. The van der Waals surface area contributed by atoms with Crippen LogP contribution >= 0.6 is 0 Å². The van der Waals surface area contributed by atoms with Crippen LogP contribution in [0.1, 0.15) is 29.9 Å². The number of nitro groups is 1. The van der Waals surface area contributed by atoms with Crippen molar-refractivity contribution in [2.24, 2.45) is 0 Å². The molecule has 0 aromatic heterocycles. The Morgan fingerprint density at radius 2 is 1.96 bits per heavy atom. The monoisotopic (exact) mass is 322 g/mol. The maximum Gasteiger partial charge on any atom is 0.214 e. The molecule has 1 aliphatic heterocycles. The number of benzene rings is 2. The molecule has 0 bridgehead atoms. The smallest absolute Gasteiger partial charge is 0.214 e. The third-order valence-corrected chi connectivity index (χ3v) is 4.50. The van der Waals surface area contributed by atoms with Gasteiger partial charge in [0.1, 0.15) is 0 Å². The standard InChI is InChI=1S/C20H22N2O2/c1-16-7-5-11-19(13-16)21-12-6-10-18(14-21)20(15-22(23)24)17-8-3-2-4-9-17/h2-5,7-9,11,13-14,20H,6,10,12,15H2,1H3. The summed E-state index contributed by atoms with van der Waals surface area (Å²) < 4.78 is 0. The minimum Gasteiger partial charge on any atom is -0.348 e. The fourth-order valence-corrected chi connectivity index (χ4v) is 3.33. The number of rotatable bonds is 5. The second-order valence-corrected chi connectivity index (χ2v) is 6.32. The quantitative estimate of drug-likeness (QED) is 0.600. The van der Waals surface area contributed by atoms with Gasteiger partial charge >= 0.3 is 0 Å². The molecule has 124 valence electrons. The van der Waals surface area contributed by atoms with Crippen molar-refractivity contribution in [1.82, 2.24) is 0 Å². The van der Waals surface area contributed by atoms with Gasteiger partial charge in [0.05, 0.1) is 5.92 Å². The molecule has 1 aliphatic rings. The van der Waals surface area contributed by atoms with Crippen LogP contribution in [0, 0.1) is 17.0 Å². The van der Waals surface area contributed by atoms with Crippen LogP contribution in [-0.2, 0) is 0 Å². The molecule has 1 heterocycles. The molecule has 0 radical (unpaired) electrons. The summed E-state index contributed by atoms with van der Waals surface area (Å²) in [6, 6.07) is 18.2. The Hall–Kier alpha value is -2.62. The normalized spacial score (nSPS) is 15.7. The molecule has 1 unspecified atom stereocenters. The van der Waals surface area contributed by atoms with E-state index in [1.165, 1.54) is 5.56 Å². The van der Waals surface area contributed by atoms with Crippen LogP contribution in [0.2, 0.25) is 0 Å². The molecular weight excluding hydrogens is 300 g/mol. The van der Waals surface area contributed by atoms with Gasteiger partial charge in [0.25, 0.3) is 0 Å². The van der Waals surface area contributed by atoms with Crippen molar-refractivity contribution in [2.75, 3.05) is 18.0 Å². The van der Waals surface area contributed by atoms with E-state index in [4.69, 9.17) is 0 Å². The predicted octanol–water partition coefficient (Wildman–Crippen LogP) is 4.54. The second-order valence-electron chi connectivity index (χ2n) is 6.32. The van der Waals surface area contributed by atoms with E-state index in [0.717, 1.165) is 36.2 Å². The summed E-state index contributed by atoms with van der Waals surface area (Å²) in [5.74, 6) is -0.159. The summed E-state index contributed by atoms with van der Waals surface area (Å²) in [7, 11) is 0. The number of nitrogens with zero attached hydrogens (tertiary/aromatic N) is 2. The summed E-state index contributed by atoms with van der Waals surface area (Å²) in [6.07, 6.45) is 4.05. The summed E-state index contributed by atoms with van der Waals surface area (Å²) in [5, 5.41) is 11.2. The molecular formula is C20H22N2O2. The maximum absolute atomic E-state index is 11.2. The lowest BCUT2D eigenvalue weighted by atomic mass is 9.87. The number of hydrogen-bond donors (Lipinski definition) is 0. The van der Waals surface area contributed by atoms with Crippen molar-refractivity contribution >= 4 is 5.69 Å².